The van der Waals surface area contributed by atoms with Crippen LogP contribution in [0.2, 0.25) is 0 Å². The molecule has 0 amide bonds. The summed E-state index contributed by atoms with van der Waals surface area (Å²) in [7, 11) is 0. The second kappa shape index (κ2) is 17.1. The van der Waals surface area contributed by atoms with Crippen LogP contribution in [0.25, 0.3) is 22.3 Å². The Balaban J connectivity index is 1.05. The van der Waals surface area contributed by atoms with Crippen molar-refractivity contribution < 1.29 is 0 Å². The van der Waals surface area contributed by atoms with Crippen molar-refractivity contribution in [1.82, 2.24) is 0 Å². The Bertz CT molecular complexity index is 3660. The van der Waals surface area contributed by atoms with Gasteiger partial charge in [-0.3, -0.25) is 0 Å². The van der Waals surface area contributed by atoms with Crippen molar-refractivity contribution in [3.05, 3.63) is 254 Å². The monoisotopic (exact) mass is 938 g/mol. The van der Waals surface area contributed by atoms with Crippen LogP contribution in [0, 0.1) is 0 Å². The summed E-state index contributed by atoms with van der Waals surface area (Å²) < 4.78 is 0. The third-order valence-electron chi connectivity index (χ3n) is 16.9. The van der Waals surface area contributed by atoms with Gasteiger partial charge < -0.3 is 19.6 Å². The lowest BCUT2D eigenvalue weighted by atomic mass is 9.33. The summed E-state index contributed by atoms with van der Waals surface area (Å²) in [5.74, 6) is 0. The lowest BCUT2D eigenvalue weighted by Gasteiger charge is -2.51. The van der Waals surface area contributed by atoms with E-state index >= 15 is 0 Å². The first-order valence-corrected chi connectivity index (χ1v) is 26.1. The highest BCUT2D eigenvalue weighted by atomic mass is 15.3. The summed E-state index contributed by atoms with van der Waals surface area (Å²) in [6.45, 7) is 5.13. The second-order valence-electron chi connectivity index (χ2n) is 20.8. The molecule has 3 heterocycles. The number of benzene rings is 10. The molecule has 1 aliphatic carbocycles. The van der Waals surface area contributed by atoms with Gasteiger partial charge in [0.2, 0.25) is 0 Å². The van der Waals surface area contributed by atoms with Crippen LogP contribution in [0.4, 0.5) is 62.6 Å². The number of hydrogen-bond donors (Lipinski definition) is 0. The summed E-state index contributed by atoms with van der Waals surface area (Å²) in [4.78, 5) is 10.4. The van der Waals surface area contributed by atoms with Gasteiger partial charge in [-0.15, -0.1) is 0 Å². The maximum Gasteiger partial charge on any atom is 0.252 e. The third kappa shape index (κ3) is 6.75. The van der Waals surface area contributed by atoms with Gasteiger partial charge in [-0.25, -0.2) is 0 Å². The molecule has 1 saturated carbocycles. The van der Waals surface area contributed by atoms with Crippen LogP contribution < -0.4 is 36.0 Å². The van der Waals surface area contributed by atoms with Crippen molar-refractivity contribution in [1.29, 1.82) is 0 Å². The van der Waals surface area contributed by atoms with Gasteiger partial charge in [0.05, 0.1) is 5.54 Å². The topological polar surface area (TPSA) is 13.0 Å². The molecule has 10 aromatic carbocycles. The van der Waals surface area contributed by atoms with Crippen LogP contribution in [-0.4, -0.2) is 12.3 Å². The number of fused-ring (bicyclic) bond motifs is 7. The van der Waals surface area contributed by atoms with E-state index in [1.165, 1.54) is 96.9 Å². The van der Waals surface area contributed by atoms with Crippen LogP contribution in [0.5, 0.6) is 0 Å². The zero-order chi connectivity index (χ0) is 48.7. The van der Waals surface area contributed by atoms with Gasteiger partial charge in [-0.2, -0.15) is 0 Å². The molecule has 2 unspecified atom stereocenters. The third-order valence-corrected chi connectivity index (χ3v) is 16.9. The Morgan fingerprint density at radius 1 is 0.370 bits per heavy atom. The molecular formula is C68H55BN4. The highest BCUT2D eigenvalue weighted by Crippen LogP contribution is 2.62. The fraction of sp³-hybridized carbons (Fsp3) is 0.118. The van der Waals surface area contributed by atoms with Gasteiger partial charge in [0.15, 0.2) is 0 Å². The van der Waals surface area contributed by atoms with Crippen molar-refractivity contribution in [3.8, 4) is 22.3 Å². The molecule has 4 aliphatic rings. The van der Waals surface area contributed by atoms with E-state index in [0.29, 0.717) is 0 Å². The summed E-state index contributed by atoms with van der Waals surface area (Å²) in [5.41, 5.74) is 22.9. The van der Waals surface area contributed by atoms with E-state index in [-0.39, 0.29) is 17.7 Å². The minimum absolute atomic E-state index is 0.00509. The molecule has 0 saturated heterocycles. The van der Waals surface area contributed by atoms with Crippen LogP contribution in [0.3, 0.4) is 0 Å². The molecule has 0 radical (unpaired) electrons. The predicted molar refractivity (Wildman–Crippen MR) is 309 cm³/mol. The van der Waals surface area contributed by atoms with Crippen molar-refractivity contribution in [2.45, 2.75) is 50.5 Å². The molecule has 2 atom stereocenters. The molecule has 5 heteroatoms. The largest absolute Gasteiger partial charge is 0.334 e. The first-order chi connectivity index (χ1) is 36.0. The number of anilines is 11. The van der Waals surface area contributed by atoms with Crippen LogP contribution in [0.15, 0.2) is 249 Å². The van der Waals surface area contributed by atoms with Crippen LogP contribution in [0.1, 0.15) is 45.1 Å². The number of para-hydroxylation sites is 4. The standard InChI is InChI=1S/C68H55BN4/c1-67-41-20-21-42-68(67,2)73(61-40-38-56(45-58(61)67)70(52-28-12-5-13-29-52)53-30-14-6-15-31-53)57-46-64-66-65(47-57)72(55-34-22-27-50(43-55)48-23-8-3-9-24-48)63-44-51(49-25-10-4-11-26-49)37-39-60(63)69(66)59-35-18-19-36-62(59)71(64)54-32-16-7-17-33-54/h3-19,22-40,43-47H,20-21,41-42H2,1-2H3. The molecule has 10 aromatic rings. The van der Waals surface area contributed by atoms with E-state index in [2.05, 4.69) is 282 Å². The molecule has 73 heavy (non-hydrogen) atoms. The van der Waals surface area contributed by atoms with Crippen molar-refractivity contribution in [2.24, 2.45) is 0 Å². The summed E-state index contributed by atoms with van der Waals surface area (Å²) in [6.07, 6.45) is 4.58. The van der Waals surface area contributed by atoms with E-state index < -0.39 is 0 Å². The van der Waals surface area contributed by atoms with E-state index in [0.717, 1.165) is 35.6 Å². The first-order valence-electron chi connectivity index (χ1n) is 26.1. The predicted octanol–water partition coefficient (Wildman–Crippen LogP) is 16.3. The molecule has 3 aliphatic heterocycles. The molecule has 0 aromatic heterocycles. The molecule has 0 N–H and O–H groups in total. The molecule has 14 rings (SSSR count). The number of rotatable bonds is 8. The summed E-state index contributed by atoms with van der Waals surface area (Å²) >= 11 is 0. The average molecular weight is 939 g/mol. The lowest BCUT2D eigenvalue weighted by molar-refractivity contribution is 0.195. The maximum atomic E-state index is 2.78. The zero-order valence-corrected chi connectivity index (χ0v) is 41.4. The van der Waals surface area contributed by atoms with Crippen molar-refractivity contribution in [3.63, 3.8) is 0 Å². The first kappa shape index (κ1) is 43.3. The Labute approximate surface area is 430 Å². The van der Waals surface area contributed by atoms with Crippen LogP contribution >= 0.6 is 0 Å². The Hall–Kier alpha value is -8.54. The van der Waals surface area contributed by atoms with Gasteiger partial charge in [-0.05, 0) is 155 Å². The van der Waals surface area contributed by atoms with Crippen LogP contribution in [-0.2, 0) is 5.41 Å². The minimum Gasteiger partial charge on any atom is -0.334 e. The van der Waals surface area contributed by atoms with Gasteiger partial charge in [0.1, 0.15) is 0 Å². The molecule has 4 nitrogen and oxygen atoms in total. The summed E-state index contributed by atoms with van der Waals surface area (Å²) in [5, 5.41) is 0. The maximum absolute atomic E-state index is 2.78. The van der Waals surface area contributed by atoms with Gasteiger partial charge in [0, 0.05) is 68.0 Å². The number of hydrogen-bond acceptors (Lipinski definition) is 4. The normalized spacial score (nSPS) is 18.1. The lowest BCUT2D eigenvalue weighted by Crippen LogP contribution is -2.61. The smallest absolute Gasteiger partial charge is 0.252 e. The molecule has 350 valence electrons. The highest BCUT2D eigenvalue weighted by Gasteiger charge is 2.58. The highest BCUT2D eigenvalue weighted by molar-refractivity contribution is 7.00. The second-order valence-corrected chi connectivity index (χ2v) is 20.8. The fourth-order valence-corrected chi connectivity index (χ4v) is 13.3. The van der Waals surface area contributed by atoms with Crippen molar-refractivity contribution >= 4 is 85.7 Å². The Kier molecular flexibility index (Phi) is 10.1. The van der Waals surface area contributed by atoms with E-state index in [4.69, 9.17) is 0 Å². The molecule has 0 spiro atoms. The van der Waals surface area contributed by atoms with E-state index in [1.807, 2.05) is 0 Å². The molecule has 0 bridgehead atoms. The zero-order valence-electron chi connectivity index (χ0n) is 41.4. The SMILES string of the molecule is CC12CCCCC1(C)N(c1cc3c4c(c1)N(c1cccc(-c5ccccc5)c1)c1cc(-c5ccccc5)ccc1B4c1ccccc1N3c1ccccc1)c1ccc(N(c3ccccc3)c3ccccc3)cc12. The number of nitrogens with zero attached hydrogens (tertiary/aromatic N) is 4. The van der Waals surface area contributed by atoms with Gasteiger partial charge in [0.25, 0.3) is 6.71 Å². The quantitative estimate of drug-likeness (QED) is 0.141. The summed E-state index contributed by atoms with van der Waals surface area (Å²) in [6, 6.07) is 92.5. The fourth-order valence-electron chi connectivity index (χ4n) is 13.3. The van der Waals surface area contributed by atoms with Gasteiger partial charge in [-0.1, -0.05) is 177 Å². The van der Waals surface area contributed by atoms with E-state index in [9.17, 15) is 0 Å². The molecular weight excluding hydrogens is 884 g/mol. The average Bonchev–Trinajstić information content (AvgIpc) is 3.66. The van der Waals surface area contributed by atoms with E-state index in [1.54, 1.807) is 0 Å². The van der Waals surface area contributed by atoms with Crippen molar-refractivity contribution in [2.75, 3.05) is 19.6 Å². The minimum atomic E-state index is -0.216. The molecule has 1 fully saturated rings. The van der Waals surface area contributed by atoms with Gasteiger partial charge >= 0.3 is 0 Å². The Morgan fingerprint density at radius 2 is 0.904 bits per heavy atom. The Morgan fingerprint density at radius 3 is 1.58 bits per heavy atom.